The van der Waals surface area contributed by atoms with E-state index in [1.807, 2.05) is 6.07 Å². The molecule has 1 aromatic carbocycles. The molecular weight excluding hydrogens is 319 g/mol. The van der Waals surface area contributed by atoms with Crippen molar-refractivity contribution in [2.24, 2.45) is 0 Å². The molecule has 102 valence electrons. The molecule has 0 aliphatic heterocycles. The highest BCUT2D eigenvalue weighted by atomic mass is 35.5. The minimum Gasteiger partial charge on any atom is -0.479 e. The highest BCUT2D eigenvalue weighted by molar-refractivity contribution is 7.20. The summed E-state index contributed by atoms with van der Waals surface area (Å²) in [7, 11) is 0. The van der Waals surface area contributed by atoms with Crippen LogP contribution < -0.4 is 10.1 Å². The van der Waals surface area contributed by atoms with Crippen molar-refractivity contribution in [2.45, 2.75) is 0 Å². The van der Waals surface area contributed by atoms with Crippen molar-refractivity contribution in [3.8, 4) is 11.8 Å². The van der Waals surface area contributed by atoms with Gasteiger partial charge in [0.1, 0.15) is 16.2 Å². The Kier molecular flexibility index (Phi) is 4.85. The molecule has 4 nitrogen and oxygen atoms in total. The Hall–Kier alpha value is -1.74. The second-order valence-electron chi connectivity index (χ2n) is 3.66. The molecular formula is C13H8Cl2N2O2S. The number of anilines is 1. The number of rotatable bonds is 4. The third kappa shape index (κ3) is 3.64. The molecule has 0 bridgehead atoms. The van der Waals surface area contributed by atoms with Crippen molar-refractivity contribution < 1.29 is 9.53 Å². The summed E-state index contributed by atoms with van der Waals surface area (Å²) < 4.78 is 5.92. The van der Waals surface area contributed by atoms with E-state index in [0.717, 1.165) is 11.3 Å². The summed E-state index contributed by atoms with van der Waals surface area (Å²) in [6.45, 7) is -0.0191. The highest BCUT2D eigenvalue weighted by Crippen LogP contribution is 2.31. The average molecular weight is 327 g/mol. The Morgan fingerprint density at radius 2 is 2.05 bits per heavy atom. The number of thiophene rings is 1. The van der Waals surface area contributed by atoms with Gasteiger partial charge in [-0.3, -0.25) is 4.79 Å². The van der Waals surface area contributed by atoms with Crippen molar-refractivity contribution in [2.75, 3.05) is 11.9 Å². The smallest absolute Gasteiger partial charge is 0.258 e. The molecule has 0 radical (unpaired) electrons. The summed E-state index contributed by atoms with van der Waals surface area (Å²) in [6, 6.07) is 10.1. The lowest BCUT2D eigenvalue weighted by Crippen LogP contribution is -2.11. The van der Waals surface area contributed by atoms with Crippen LogP contribution in [0.4, 0.5) is 5.69 Å². The molecule has 0 saturated heterocycles. The molecule has 0 atom stereocenters. The van der Waals surface area contributed by atoms with Crippen LogP contribution in [0.2, 0.25) is 8.67 Å². The van der Waals surface area contributed by atoms with Gasteiger partial charge in [0.15, 0.2) is 6.61 Å². The second-order valence-corrected chi connectivity index (χ2v) is 5.95. The Bertz CT molecular complexity index is 662. The van der Waals surface area contributed by atoms with Crippen molar-refractivity contribution in [1.82, 2.24) is 0 Å². The summed E-state index contributed by atoms with van der Waals surface area (Å²) >= 11 is 12.8. The third-order valence-electron chi connectivity index (χ3n) is 2.32. The summed E-state index contributed by atoms with van der Waals surface area (Å²) in [6.07, 6.45) is 0. The molecule has 7 heteroatoms. The highest BCUT2D eigenvalue weighted by Gasteiger charge is 2.14. The van der Waals surface area contributed by atoms with Gasteiger partial charge in [0.05, 0.1) is 9.90 Å². The van der Waals surface area contributed by atoms with Gasteiger partial charge in [0.25, 0.3) is 5.91 Å². The number of amides is 1. The Morgan fingerprint density at radius 3 is 2.60 bits per heavy atom. The fourth-order valence-corrected chi connectivity index (χ4v) is 2.90. The third-order valence-corrected chi connectivity index (χ3v) is 3.80. The van der Waals surface area contributed by atoms with Gasteiger partial charge in [0, 0.05) is 5.69 Å². The Balaban J connectivity index is 2.05. The number of nitrogens with one attached hydrogen (secondary N) is 1. The van der Waals surface area contributed by atoms with Gasteiger partial charge in [-0.1, -0.05) is 23.2 Å². The quantitative estimate of drug-likeness (QED) is 0.915. The number of carbonyl (C=O) groups is 1. The van der Waals surface area contributed by atoms with E-state index in [9.17, 15) is 4.79 Å². The number of benzene rings is 1. The molecule has 0 fully saturated rings. The van der Waals surface area contributed by atoms with Gasteiger partial charge in [-0.25, -0.2) is 0 Å². The first-order chi connectivity index (χ1) is 9.60. The minimum absolute atomic E-state index is 0.0191. The SMILES string of the molecule is N#CCOc1ccc(NC(=O)c2cc(Cl)sc2Cl)cc1. The predicted molar refractivity (Wildman–Crippen MR) is 79.8 cm³/mol. The average Bonchev–Trinajstić information content (AvgIpc) is 2.77. The first-order valence-electron chi connectivity index (χ1n) is 5.46. The molecule has 1 amide bonds. The number of nitriles is 1. The molecule has 2 aromatic rings. The van der Waals surface area contributed by atoms with E-state index >= 15 is 0 Å². The van der Waals surface area contributed by atoms with Crippen LogP contribution in [0.1, 0.15) is 10.4 Å². The van der Waals surface area contributed by atoms with Crippen molar-refractivity contribution in [3.63, 3.8) is 0 Å². The van der Waals surface area contributed by atoms with Gasteiger partial charge >= 0.3 is 0 Å². The van der Waals surface area contributed by atoms with E-state index in [0.29, 0.717) is 25.7 Å². The van der Waals surface area contributed by atoms with Gasteiger partial charge in [0.2, 0.25) is 0 Å². The largest absolute Gasteiger partial charge is 0.479 e. The molecule has 0 aliphatic carbocycles. The zero-order chi connectivity index (χ0) is 14.5. The maximum absolute atomic E-state index is 12.0. The number of halogens is 2. The lowest BCUT2D eigenvalue weighted by Gasteiger charge is -2.06. The molecule has 1 N–H and O–H groups in total. The number of hydrogen-bond acceptors (Lipinski definition) is 4. The van der Waals surface area contributed by atoms with Crippen LogP contribution in [0.25, 0.3) is 0 Å². The van der Waals surface area contributed by atoms with Crippen LogP contribution in [0, 0.1) is 11.3 Å². The van der Waals surface area contributed by atoms with E-state index in [4.69, 9.17) is 33.2 Å². The molecule has 0 saturated carbocycles. The first-order valence-corrected chi connectivity index (χ1v) is 7.03. The molecule has 0 spiro atoms. The van der Waals surface area contributed by atoms with Crippen molar-refractivity contribution >= 4 is 46.1 Å². The van der Waals surface area contributed by atoms with Crippen LogP contribution in [0.15, 0.2) is 30.3 Å². The van der Waals surface area contributed by atoms with Crippen LogP contribution in [0.3, 0.4) is 0 Å². The van der Waals surface area contributed by atoms with Crippen LogP contribution >= 0.6 is 34.5 Å². The standard InChI is InChI=1S/C13H8Cl2N2O2S/c14-11-7-10(12(15)20-11)13(18)17-8-1-3-9(4-2-8)19-6-5-16/h1-4,7H,6H2,(H,17,18). The summed E-state index contributed by atoms with van der Waals surface area (Å²) in [5, 5.41) is 11.1. The van der Waals surface area contributed by atoms with E-state index in [1.165, 1.54) is 6.07 Å². The lowest BCUT2D eigenvalue weighted by molar-refractivity contribution is 0.102. The summed E-state index contributed by atoms with van der Waals surface area (Å²) in [5.41, 5.74) is 0.934. The zero-order valence-corrected chi connectivity index (χ0v) is 12.4. The maximum Gasteiger partial charge on any atom is 0.258 e. The maximum atomic E-state index is 12.0. The van der Waals surface area contributed by atoms with Gasteiger partial charge < -0.3 is 10.1 Å². The molecule has 0 aliphatic rings. The van der Waals surface area contributed by atoms with Crippen molar-refractivity contribution in [3.05, 3.63) is 44.6 Å². The van der Waals surface area contributed by atoms with Crippen LogP contribution in [-0.2, 0) is 0 Å². The number of carbonyl (C=O) groups excluding carboxylic acids is 1. The van der Waals surface area contributed by atoms with Gasteiger partial charge in [-0.05, 0) is 30.3 Å². The normalized spacial score (nSPS) is 9.85. The fraction of sp³-hybridized carbons (Fsp3) is 0.0769. The minimum atomic E-state index is -0.330. The van der Waals surface area contributed by atoms with E-state index in [2.05, 4.69) is 5.32 Å². The zero-order valence-electron chi connectivity index (χ0n) is 10.0. The van der Waals surface area contributed by atoms with Crippen LogP contribution in [0.5, 0.6) is 5.75 Å². The van der Waals surface area contributed by atoms with Gasteiger partial charge in [-0.15, -0.1) is 11.3 Å². The van der Waals surface area contributed by atoms with E-state index in [1.54, 1.807) is 24.3 Å². The topological polar surface area (TPSA) is 62.1 Å². The van der Waals surface area contributed by atoms with Crippen molar-refractivity contribution in [1.29, 1.82) is 5.26 Å². The van der Waals surface area contributed by atoms with E-state index in [-0.39, 0.29) is 12.5 Å². The summed E-state index contributed by atoms with van der Waals surface area (Å²) in [5.74, 6) is 0.227. The van der Waals surface area contributed by atoms with Gasteiger partial charge in [-0.2, -0.15) is 5.26 Å². The number of nitrogens with zero attached hydrogens (tertiary/aromatic N) is 1. The Labute approximate surface area is 129 Å². The molecule has 1 heterocycles. The first kappa shape index (κ1) is 14.7. The molecule has 20 heavy (non-hydrogen) atoms. The summed E-state index contributed by atoms with van der Waals surface area (Å²) in [4.78, 5) is 12.0. The fourth-order valence-electron chi connectivity index (χ4n) is 1.44. The lowest BCUT2D eigenvalue weighted by atomic mass is 10.2. The van der Waals surface area contributed by atoms with E-state index < -0.39 is 0 Å². The monoisotopic (exact) mass is 326 g/mol. The number of ether oxygens (including phenoxy) is 1. The number of hydrogen-bond donors (Lipinski definition) is 1. The van der Waals surface area contributed by atoms with Crippen LogP contribution in [-0.4, -0.2) is 12.5 Å². The molecule has 0 unspecified atom stereocenters. The second kappa shape index (κ2) is 6.62. The molecule has 1 aromatic heterocycles. The Morgan fingerprint density at radius 1 is 1.35 bits per heavy atom. The predicted octanol–water partition coefficient (Wildman–Crippen LogP) is 4.21. The molecule has 2 rings (SSSR count).